The summed E-state index contributed by atoms with van der Waals surface area (Å²) >= 11 is 3.02. The Kier molecular flexibility index (Phi) is 4.66. The number of hydrogen-bond acceptors (Lipinski definition) is 5. The van der Waals surface area contributed by atoms with Gasteiger partial charge >= 0.3 is 5.69 Å². The van der Waals surface area contributed by atoms with Crippen molar-refractivity contribution < 1.29 is 9.21 Å². The van der Waals surface area contributed by atoms with E-state index >= 15 is 0 Å². The zero-order chi connectivity index (χ0) is 18.0. The van der Waals surface area contributed by atoms with Crippen LogP contribution in [0.4, 0.5) is 5.69 Å². The molecule has 9 heteroatoms. The van der Waals surface area contributed by atoms with Gasteiger partial charge in [0.25, 0.3) is 5.56 Å². The molecule has 0 aliphatic carbocycles. The van der Waals surface area contributed by atoms with Crippen LogP contribution in [-0.2, 0) is 11.3 Å². The third-order valence-corrected chi connectivity index (χ3v) is 3.93. The number of hydrogen-bond donors (Lipinski definition) is 2. The maximum atomic E-state index is 12.1. The van der Waals surface area contributed by atoms with Crippen molar-refractivity contribution in [2.24, 2.45) is 0 Å². The fraction of sp³-hybridized carbons (Fsp3) is 0.125. The number of benzene rings is 1. The van der Waals surface area contributed by atoms with Gasteiger partial charge in [0.05, 0.1) is 4.47 Å². The second kappa shape index (κ2) is 6.89. The number of aryl methyl sites for hydroxylation is 1. The van der Waals surface area contributed by atoms with E-state index in [1.54, 1.807) is 37.5 Å². The first-order valence-electron chi connectivity index (χ1n) is 7.24. The van der Waals surface area contributed by atoms with Crippen LogP contribution in [0.25, 0.3) is 11.3 Å². The van der Waals surface area contributed by atoms with Crippen molar-refractivity contribution in [3.63, 3.8) is 0 Å². The van der Waals surface area contributed by atoms with Gasteiger partial charge < -0.3 is 9.73 Å². The lowest BCUT2D eigenvalue weighted by atomic mass is 10.1. The van der Waals surface area contributed by atoms with Crippen molar-refractivity contribution >= 4 is 27.5 Å². The Morgan fingerprint density at radius 1 is 1.32 bits per heavy atom. The van der Waals surface area contributed by atoms with Crippen LogP contribution >= 0.6 is 15.9 Å². The summed E-state index contributed by atoms with van der Waals surface area (Å²) in [6.07, 6.45) is 2.83. The van der Waals surface area contributed by atoms with E-state index in [1.807, 2.05) is 0 Å². The highest BCUT2D eigenvalue weighted by Gasteiger charge is 2.08. The van der Waals surface area contributed by atoms with Crippen molar-refractivity contribution in [3.8, 4) is 11.3 Å². The van der Waals surface area contributed by atoms with Gasteiger partial charge in [0.15, 0.2) is 5.89 Å². The molecule has 2 aromatic heterocycles. The molecule has 0 spiro atoms. The van der Waals surface area contributed by atoms with Gasteiger partial charge in [0, 0.05) is 24.4 Å². The molecular formula is C16H13BrN4O4. The Morgan fingerprint density at radius 2 is 2.04 bits per heavy atom. The Hall–Kier alpha value is -2.94. The average molecular weight is 405 g/mol. The molecule has 2 N–H and O–H groups in total. The average Bonchev–Trinajstić information content (AvgIpc) is 3.00. The molecule has 1 amide bonds. The number of aromatic nitrogens is 3. The number of carbonyl (C=O) groups is 1. The van der Waals surface area contributed by atoms with E-state index in [2.05, 4.69) is 31.2 Å². The Bertz CT molecular complexity index is 1030. The standard InChI is InChI=1S/C16H13BrN4O4/c1-9-18-13(8-25-9)10-2-4-11(5-3-10)19-14(22)7-21-6-12(17)15(23)20-16(21)24/h2-6,8H,7H2,1H3,(H,19,22)(H,20,23,24). The predicted molar refractivity (Wildman–Crippen MR) is 94.3 cm³/mol. The lowest BCUT2D eigenvalue weighted by molar-refractivity contribution is -0.116. The van der Waals surface area contributed by atoms with Crippen LogP contribution < -0.4 is 16.6 Å². The molecule has 1 aromatic carbocycles. The lowest BCUT2D eigenvalue weighted by Gasteiger charge is -2.08. The van der Waals surface area contributed by atoms with Crippen molar-refractivity contribution in [1.82, 2.24) is 14.5 Å². The summed E-state index contributed by atoms with van der Waals surface area (Å²) in [5.41, 5.74) is 0.946. The molecule has 25 heavy (non-hydrogen) atoms. The third-order valence-electron chi connectivity index (χ3n) is 3.36. The minimum Gasteiger partial charge on any atom is -0.449 e. The molecule has 8 nitrogen and oxygen atoms in total. The zero-order valence-corrected chi connectivity index (χ0v) is 14.7. The van der Waals surface area contributed by atoms with Crippen molar-refractivity contribution in [2.75, 3.05) is 5.32 Å². The van der Waals surface area contributed by atoms with Crippen LogP contribution in [0, 0.1) is 6.92 Å². The van der Waals surface area contributed by atoms with E-state index in [-0.39, 0.29) is 11.0 Å². The van der Waals surface area contributed by atoms with Gasteiger partial charge in [-0.15, -0.1) is 0 Å². The van der Waals surface area contributed by atoms with Gasteiger partial charge in [0.1, 0.15) is 18.5 Å². The molecule has 0 saturated carbocycles. The zero-order valence-electron chi connectivity index (χ0n) is 13.1. The first kappa shape index (κ1) is 16.9. The summed E-state index contributed by atoms with van der Waals surface area (Å²) in [4.78, 5) is 41.4. The second-order valence-corrected chi connectivity index (χ2v) is 6.10. The molecule has 0 aliphatic heterocycles. The molecule has 0 fully saturated rings. The number of aromatic amines is 1. The number of nitrogens with zero attached hydrogens (tertiary/aromatic N) is 2. The first-order chi connectivity index (χ1) is 11.9. The Balaban J connectivity index is 1.70. The maximum absolute atomic E-state index is 12.1. The molecule has 3 aromatic rings. The summed E-state index contributed by atoms with van der Waals surface area (Å²) in [5, 5.41) is 2.69. The SMILES string of the molecule is Cc1nc(-c2ccc(NC(=O)Cn3cc(Br)c(=O)[nH]c3=O)cc2)co1. The number of nitrogens with one attached hydrogen (secondary N) is 2. The van der Waals surface area contributed by atoms with Crippen LogP contribution in [-0.4, -0.2) is 20.4 Å². The minimum atomic E-state index is -0.653. The number of halogens is 1. The Morgan fingerprint density at radius 3 is 2.68 bits per heavy atom. The first-order valence-corrected chi connectivity index (χ1v) is 8.03. The van der Waals surface area contributed by atoms with E-state index < -0.39 is 17.2 Å². The second-order valence-electron chi connectivity index (χ2n) is 5.24. The normalized spacial score (nSPS) is 10.6. The molecule has 0 radical (unpaired) electrons. The molecule has 0 bridgehead atoms. The number of carbonyl (C=O) groups excluding carboxylic acids is 1. The van der Waals surface area contributed by atoms with Gasteiger partial charge in [-0.05, 0) is 28.1 Å². The van der Waals surface area contributed by atoms with Crippen molar-refractivity contribution in [2.45, 2.75) is 13.5 Å². The van der Waals surface area contributed by atoms with Crippen LogP contribution in [0.1, 0.15) is 5.89 Å². The van der Waals surface area contributed by atoms with Crippen LogP contribution in [0.3, 0.4) is 0 Å². The van der Waals surface area contributed by atoms with E-state index in [1.165, 1.54) is 6.20 Å². The number of H-pyrrole nitrogens is 1. The minimum absolute atomic E-state index is 0.173. The summed E-state index contributed by atoms with van der Waals surface area (Å²) in [6, 6.07) is 7.05. The number of anilines is 1. The summed E-state index contributed by atoms with van der Waals surface area (Å²) in [6.45, 7) is 1.54. The van der Waals surface area contributed by atoms with Gasteiger partial charge in [-0.1, -0.05) is 12.1 Å². The monoisotopic (exact) mass is 404 g/mol. The number of oxazole rings is 1. The highest BCUT2D eigenvalue weighted by atomic mass is 79.9. The van der Waals surface area contributed by atoms with Gasteiger partial charge in [0.2, 0.25) is 5.91 Å². The molecule has 2 heterocycles. The van der Waals surface area contributed by atoms with Crippen LogP contribution in [0.2, 0.25) is 0 Å². The summed E-state index contributed by atoms with van der Waals surface area (Å²) in [7, 11) is 0. The molecule has 3 rings (SSSR count). The van der Waals surface area contributed by atoms with Crippen molar-refractivity contribution in [1.29, 1.82) is 0 Å². The van der Waals surface area contributed by atoms with E-state index in [4.69, 9.17) is 4.42 Å². The molecule has 128 valence electrons. The highest BCUT2D eigenvalue weighted by molar-refractivity contribution is 9.10. The van der Waals surface area contributed by atoms with Crippen molar-refractivity contribution in [3.05, 3.63) is 67.9 Å². The summed E-state index contributed by atoms with van der Waals surface area (Å²) in [5.74, 6) is 0.177. The highest BCUT2D eigenvalue weighted by Crippen LogP contribution is 2.20. The largest absolute Gasteiger partial charge is 0.449 e. The van der Waals surface area contributed by atoms with E-state index in [0.717, 1.165) is 10.1 Å². The lowest BCUT2D eigenvalue weighted by Crippen LogP contribution is -2.33. The molecule has 0 aliphatic rings. The number of rotatable bonds is 4. The van der Waals surface area contributed by atoms with E-state index in [9.17, 15) is 14.4 Å². The van der Waals surface area contributed by atoms with Gasteiger partial charge in [-0.2, -0.15) is 0 Å². The Labute approximate surface area is 149 Å². The topological polar surface area (TPSA) is 110 Å². The smallest absolute Gasteiger partial charge is 0.328 e. The van der Waals surface area contributed by atoms with Crippen LogP contribution in [0.15, 0.2) is 55.2 Å². The van der Waals surface area contributed by atoms with Gasteiger partial charge in [-0.3, -0.25) is 19.1 Å². The van der Waals surface area contributed by atoms with Crippen LogP contribution in [0.5, 0.6) is 0 Å². The molecule has 0 unspecified atom stereocenters. The summed E-state index contributed by atoms with van der Waals surface area (Å²) < 4.78 is 6.44. The quantitative estimate of drug-likeness (QED) is 0.689. The fourth-order valence-corrected chi connectivity index (χ4v) is 2.52. The molecule has 0 atom stereocenters. The predicted octanol–water partition coefficient (Wildman–Crippen LogP) is 1.90. The number of amides is 1. The maximum Gasteiger partial charge on any atom is 0.328 e. The third kappa shape index (κ3) is 3.94. The molecule has 0 saturated heterocycles. The van der Waals surface area contributed by atoms with Gasteiger partial charge in [-0.25, -0.2) is 9.78 Å². The van der Waals surface area contributed by atoms with E-state index in [0.29, 0.717) is 17.3 Å². The molecular weight excluding hydrogens is 392 g/mol. The fourth-order valence-electron chi connectivity index (χ4n) is 2.18.